The molecular formula is C56H39N5O. The third-order valence-corrected chi connectivity index (χ3v) is 12.4. The van der Waals surface area contributed by atoms with Gasteiger partial charge in [0.2, 0.25) is 0 Å². The lowest BCUT2D eigenvalue weighted by atomic mass is 9.66. The van der Waals surface area contributed by atoms with Gasteiger partial charge in [-0.05, 0) is 63.2 Å². The van der Waals surface area contributed by atoms with E-state index in [4.69, 9.17) is 19.7 Å². The number of fused-ring (bicyclic) bond motifs is 9. The van der Waals surface area contributed by atoms with E-state index in [1.807, 2.05) is 48.5 Å². The summed E-state index contributed by atoms with van der Waals surface area (Å²) in [4.78, 5) is 15.6. The van der Waals surface area contributed by atoms with Gasteiger partial charge in [0.15, 0.2) is 6.17 Å². The molecule has 0 bridgehead atoms. The molecule has 6 heteroatoms. The molecule has 294 valence electrons. The van der Waals surface area contributed by atoms with Crippen molar-refractivity contribution >= 4 is 23.2 Å². The first-order valence-electron chi connectivity index (χ1n) is 21.1. The lowest BCUT2D eigenvalue weighted by molar-refractivity contribution is 0.435. The van der Waals surface area contributed by atoms with E-state index in [1.54, 1.807) is 0 Å². The van der Waals surface area contributed by atoms with Gasteiger partial charge in [-0.2, -0.15) is 0 Å². The largest absolute Gasteiger partial charge is 0.457 e. The SMILES string of the molecule is C1=C(c2ccccc2)NC(c2ccccc2)=NC1c1ccc2c(c1)Oc1ccccc1C21c2ccccc2-c2cc(C3=NC(c4ccccc4)N=C(c4ccccc4)N3)ccc21. The maximum absolute atomic E-state index is 6.95. The van der Waals surface area contributed by atoms with Crippen LogP contribution in [0.4, 0.5) is 0 Å². The Hall–Kier alpha value is -8.09. The van der Waals surface area contributed by atoms with Gasteiger partial charge in [0.25, 0.3) is 0 Å². The second-order valence-electron chi connectivity index (χ2n) is 16.0. The van der Waals surface area contributed by atoms with Gasteiger partial charge in [-0.25, -0.2) is 9.98 Å². The summed E-state index contributed by atoms with van der Waals surface area (Å²) >= 11 is 0. The molecule has 3 atom stereocenters. The van der Waals surface area contributed by atoms with E-state index < -0.39 is 5.41 Å². The fourth-order valence-corrected chi connectivity index (χ4v) is 9.61. The number of rotatable bonds is 6. The smallest absolute Gasteiger partial charge is 0.169 e. The number of amidine groups is 3. The second-order valence-corrected chi connectivity index (χ2v) is 16.0. The highest BCUT2D eigenvalue weighted by atomic mass is 16.5. The van der Waals surface area contributed by atoms with Crippen LogP contribution >= 0.6 is 0 Å². The van der Waals surface area contributed by atoms with Crippen molar-refractivity contribution in [3.8, 4) is 22.6 Å². The number of nitrogens with one attached hydrogen (secondary N) is 2. The van der Waals surface area contributed by atoms with E-state index in [1.165, 1.54) is 22.3 Å². The van der Waals surface area contributed by atoms with Crippen LogP contribution in [0.15, 0.2) is 227 Å². The van der Waals surface area contributed by atoms with Crippen LogP contribution in [0.3, 0.4) is 0 Å². The fraction of sp³-hybridized carbons (Fsp3) is 0.0536. The minimum Gasteiger partial charge on any atom is -0.457 e. The Morgan fingerprint density at radius 2 is 0.935 bits per heavy atom. The summed E-state index contributed by atoms with van der Waals surface area (Å²) < 4.78 is 6.95. The van der Waals surface area contributed by atoms with Crippen molar-refractivity contribution in [3.05, 3.63) is 268 Å². The molecule has 0 saturated carbocycles. The van der Waals surface area contributed by atoms with E-state index in [9.17, 15) is 0 Å². The molecule has 62 heavy (non-hydrogen) atoms. The maximum atomic E-state index is 6.95. The first-order chi connectivity index (χ1) is 30.7. The van der Waals surface area contributed by atoms with Crippen LogP contribution in [-0.4, -0.2) is 17.5 Å². The van der Waals surface area contributed by atoms with Crippen LogP contribution in [0.25, 0.3) is 16.8 Å². The number of benzene rings is 8. The average molecular weight is 798 g/mol. The Morgan fingerprint density at radius 3 is 1.66 bits per heavy atom. The molecule has 12 rings (SSSR count). The highest BCUT2D eigenvalue weighted by molar-refractivity contribution is 6.16. The fourth-order valence-electron chi connectivity index (χ4n) is 9.61. The number of nitrogens with zero attached hydrogens (tertiary/aromatic N) is 3. The maximum Gasteiger partial charge on any atom is 0.169 e. The number of ether oxygens (including phenoxy) is 1. The van der Waals surface area contributed by atoms with Gasteiger partial charge >= 0.3 is 0 Å². The molecular weight excluding hydrogens is 759 g/mol. The molecule has 0 saturated heterocycles. The molecule has 6 nitrogen and oxygen atoms in total. The Bertz CT molecular complexity index is 3100. The molecule has 4 aliphatic rings. The predicted octanol–water partition coefficient (Wildman–Crippen LogP) is 11.8. The Morgan fingerprint density at radius 1 is 0.387 bits per heavy atom. The van der Waals surface area contributed by atoms with Gasteiger partial charge in [-0.3, -0.25) is 4.99 Å². The van der Waals surface area contributed by atoms with Crippen LogP contribution < -0.4 is 15.4 Å². The van der Waals surface area contributed by atoms with Gasteiger partial charge in [0.05, 0.1) is 11.5 Å². The van der Waals surface area contributed by atoms with Crippen LogP contribution in [0.5, 0.6) is 11.5 Å². The summed E-state index contributed by atoms with van der Waals surface area (Å²) in [5, 5.41) is 7.26. The Labute approximate surface area is 360 Å². The topological polar surface area (TPSA) is 70.4 Å². The van der Waals surface area contributed by atoms with Gasteiger partial charge in [-0.1, -0.05) is 188 Å². The molecule has 1 aliphatic carbocycles. The molecule has 0 amide bonds. The van der Waals surface area contributed by atoms with E-state index in [0.717, 1.165) is 79.2 Å². The summed E-state index contributed by atoms with van der Waals surface area (Å²) in [6.07, 6.45) is 1.83. The van der Waals surface area contributed by atoms with E-state index in [-0.39, 0.29) is 12.2 Å². The molecule has 3 unspecified atom stereocenters. The summed E-state index contributed by atoms with van der Waals surface area (Å²) in [7, 11) is 0. The second kappa shape index (κ2) is 14.6. The van der Waals surface area contributed by atoms with Crippen molar-refractivity contribution in [3.63, 3.8) is 0 Å². The molecule has 8 aromatic rings. The van der Waals surface area contributed by atoms with Crippen molar-refractivity contribution in [2.75, 3.05) is 0 Å². The summed E-state index contributed by atoms with van der Waals surface area (Å²) in [5.74, 6) is 4.08. The van der Waals surface area contributed by atoms with Crippen LogP contribution in [0.1, 0.15) is 67.8 Å². The number of aliphatic imine (C=N–C) groups is 3. The lowest BCUT2D eigenvalue weighted by Gasteiger charge is -2.39. The zero-order valence-electron chi connectivity index (χ0n) is 33.6. The van der Waals surface area contributed by atoms with Crippen molar-refractivity contribution in [1.82, 2.24) is 10.6 Å². The number of hydrogen-bond donors (Lipinski definition) is 2. The van der Waals surface area contributed by atoms with Crippen molar-refractivity contribution in [1.29, 1.82) is 0 Å². The normalized spacial score (nSPS) is 19.2. The first kappa shape index (κ1) is 35.8. The highest BCUT2D eigenvalue weighted by Crippen LogP contribution is 2.62. The summed E-state index contributed by atoms with van der Waals surface area (Å²) in [6, 6.07) is 72.0. The average Bonchev–Trinajstić information content (AvgIpc) is 3.64. The van der Waals surface area contributed by atoms with Gasteiger partial charge in [0.1, 0.15) is 29.0 Å². The van der Waals surface area contributed by atoms with Crippen LogP contribution in [0, 0.1) is 0 Å². The molecule has 3 heterocycles. The van der Waals surface area contributed by atoms with Crippen molar-refractivity contribution in [2.45, 2.75) is 17.6 Å². The number of para-hydroxylation sites is 1. The van der Waals surface area contributed by atoms with Gasteiger partial charge in [-0.15, -0.1) is 0 Å². The van der Waals surface area contributed by atoms with Crippen LogP contribution in [-0.2, 0) is 5.41 Å². The van der Waals surface area contributed by atoms with Crippen molar-refractivity contribution < 1.29 is 4.74 Å². The Balaban J connectivity index is 1.01. The minimum atomic E-state index is -0.629. The molecule has 8 aromatic carbocycles. The standard InChI is InChI=1S/C56H39N5O/c1-5-17-36(18-6-1)48-35-49(58-52(57-48)37-19-7-2-8-20-37)40-29-32-47-51(34-40)62-50-28-16-15-27-46(50)56(47)44-26-14-13-25-42(44)43-33-41(30-31-45(43)56)55-60-53(38-21-9-3-10-22-38)59-54(61-55)39-23-11-4-12-24-39/h1-35,49,53H,(H,57,58)(H,59,60,61). The minimum absolute atomic E-state index is 0.248. The third-order valence-electron chi connectivity index (χ3n) is 12.4. The van der Waals surface area contributed by atoms with Gasteiger partial charge in [0, 0.05) is 33.5 Å². The third kappa shape index (κ3) is 5.83. The zero-order chi connectivity index (χ0) is 41.0. The molecule has 0 fully saturated rings. The number of hydrogen-bond acceptors (Lipinski definition) is 6. The van der Waals surface area contributed by atoms with Crippen molar-refractivity contribution in [2.24, 2.45) is 15.0 Å². The summed E-state index contributed by atoms with van der Waals surface area (Å²) in [5.41, 5.74) is 13.6. The van der Waals surface area contributed by atoms with E-state index in [0.29, 0.717) is 0 Å². The molecule has 1 spiro atoms. The van der Waals surface area contributed by atoms with E-state index in [2.05, 4.69) is 174 Å². The zero-order valence-corrected chi connectivity index (χ0v) is 33.6. The lowest BCUT2D eigenvalue weighted by Crippen LogP contribution is -2.36. The van der Waals surface area contributed by atoms with Crippen LogP contribution in [0.2, 0.25) is 0 Å². The molecule has 0 aromatic heterocycles. The predicted molar refractivity (Wildman–Crippen MR) is 249 cm³/mol. The quantitative estimate of drug-likeness (QED) is 0.176. The Kier molecular flexibility index (Phi) is 8.42. The highest BCUT2D eigenvalue weighted by Gasteiger charge is 2.51. The molecule has 3 aliphatic heterocycles. The monoisotopic (exact) mass is 797 g/mol. The summed E-state index contributed by atoms with van der Waals surface area (Å²) in [6.45, 7) is 0. The molecule has 0 radical (unpaired) electrons. The molecule has 2 N–H and O–H groups in total. The van der Waals surface area contributed by atoms with E-state index >= 15 is 0 Å². The first-order valence-corrected chi connectivity index (χ1v) is 21.1. The van der Waals surface area contributed by atoms with Gasteiger partial charge < -0.3 is 15.4 Å².